The van der Waals surface area contributed by atoms with Crippen LogP contribution in [0.2, 0.25) is 0 Å². The maximum atomic E-state index is 12.5. The molecule has 0 spiro atoms. The average molecular weight is 382 g/mol. The number of carbonyl (C=O) groups excluding carboxylic acids is 1. The predicted molar refractivity (Wildman–Crippen MR) is 100 cm³/mol. The third-order valence-electron chi connectivity index (χ3n) is 3.76. The summed E-state index contributed by atoms with van der Waals surface area (Å²) in [4.78, 5) is 12.5. The summed E-state index contributed by atoms with van der Waals surface area (Å²) in [6, 6.07) is 20.0. The zero-order valence-corrected chi connectivity index (χ0v) is 14.7. The Kier molecular flexibility index (Phi) is 4.67. The molecule has 0 unspecified atom stereocenters. The Bertz CT molecular complexity index is 888. The van der Waals surface area contributed by atoms with Crippen molar-refractivity contribution in [3.8, 4) is 16.9 Å². The number of halogens is 1. The molecule has 3 aromatic carbocycles. The lowest BCUT2D eigenvalue weighted by Gasteiger charge is -2.09. The van der Waals surface area contributed by atoms with Crippen molar-refractivity contribution in [1.29, 1.82) is 0 Å². The first-order valence-electron chi connectivity index (χ1n) is 7.50. The van der Waals surface area contributed by atoms with E-state index in [-0.39, 0.29) is 11.7 Å². The van der Waals surface area contributed by atoms with E-state index < -0.39 is 0 Å². The minimum absolute atomic E-state index is 0.161. The highest BCUT2D eigenvalue weighted by Gasteiger charge is 2.08. The topological polar surface area (TPSA) is 49.3 Å². The summed E-state index contributed by atoms with van der Waals surface area (Å²) < 4.78 is 0.957. The molecule has 0 bridgehead atoms. The Morgan fingerprint density at radius 2 is 1.71 bits per heavy atom. The van der Waals surface area contributed by atoms with Gasteiger partial charge in [-0.05, 0) is 60.0 Å². The van der Waals surface area contributed by atoms with Crippen LogP contribution in [-0.4, -0.2) is 11.0 Å². The van der Waals surface area contributed by atoms with Crippen LogP contribution >= 0.6 is 15.9 Å². The van der Waals surface area contributed by atoms with Gasteiger partial charge in [-0.15, -0.1) is 0 Å². The summed E-state index contributed by atoms with van der Waals surface area (Å²) in [6.45, 7) is 2.00. The fourth-order valence-corrected chi connectivity index (χ4v) is 2.75. The Balaban J connectivity index is 1.83. The number of hydrogen-bond acceptors (Lipinski definition) is 2. The number of phenols is 1. The van der Waals surface area contributed by atoms with E-state index in [1.807, 2.05) is 55.5 Å². The third-order valence-corrected chi connectivity index (χ3v) is 4.61. The van der Waals surface area contributed by atoms with Crippen LogP contribution in [0.1, 0.15) is 15.9 Å². The fourth-order valence-electron chi connectivity index (χ4n) is 2.37. The zero-order valence-electron chi connectivity index (χ0n) is 13.1. The highest BCUT2D eigenvalue weighted by Crippen LogP contribution is 2.24. The van der Waals surface area contributed by atoms with Gasteiger partial charge in [-0.2, -0.15) is 0 Å². The van der Waals surface area contributed by atoms with Crippen molar-refractivity contribution in [3.05, 3.63) is 82.3 Å². The second-order valence-corrected chi connectivity index (χ2v) is 6.40. The highest BCUT2D eigenvalue weighted by atomic mass is 79.9. The van der Waals surface area contributed by atoms with Gasteiger partial charge in [-0.1, -0.05) is 46.3 Å². The van der Waals surface area contributed by atoms with Gasteiger partial charge in [0.15, 0.2) is 0 Å². The van der Waals surface area contributed by atoms with E-state index in [2.05, 4.69) is 21.2 Å². The number of rotatable bonds is 3. The molecule has 0 fully saturated rings. The summed E-state index contributed by atoms with van der Waals surface area (Å²) in [6.07, 6.45) is 0. The molecule has 0 aliphatic carbocycles. The average Bonchev–Trinajstić information content (AvgIpc) is 2.59. The van der Waals surface area contributed by atoms with Gasteiger partial charge in [0.25, 0.3) is 5.91 Å². The van der Waals surface area contributed by atoms with Crippen molar-refractivity contribution in [3.63, 3.8) is 0 Å². The lowest BCUT2D eigenvalue weighted by molar-refractivity contribution is 0.102. The van der Waals surface area contributed by atoms with Gasteiger partial charge >= 0.3 is 0 Å². The summed E-state index contributed by atoms with van der Waals surface area (Å²) in [5.74, 6) is 0.0592. The highest BCUT2D eigenvalue weighted by molar-refractivity contribution is 9.10. The number of hydrogen-bond donors (Lipinski definition) is 2. The quantitative estimate of drug-likeness (QED) is 0.639. The van der Waals surface area contributed by atoms with Gasteiger partial charge in [0, 0.05) is 15.7 Å². The second-order valence-electron chi connectivity index (χ2n) is 5.55. The van der Waals surface area contributed by atoms with Crippen molar-refractivity contribution in [2.45, 2.75) is 6.92 Å². The summed E-state index contributed by atoms with van der Waals surface area (Å²) in [5.41, 5.74) is 4.31. The number of nitrogens with one attached hydrogen (secondary N) is 1. The monoisotopic (exact) mass is 381 g/mol. The van der Waals surface area contributed by atoms with Gasteiger partial charge in [0.05, 0.1) is 0 Å². The molecular weight excluding hydrogens is 366 g/mol. The van der Waals surface area contributed by atoms with E-state index >= 15 is 0 Å². The van der Waals surface area contributed by atoms with Crippen LogP contribution in [0.15, 0.2) is 71.2 Å². The van der Waals surface area contributed by atoms with Crippen LogP contribution in [0, 0.1) is 6.92 Å². The van der Waals surface area contributed by atoms with Gasteiger partial charge in [0.2, 0.25) is 0 Å². The van der Waals surface area contributed by atoms with E-state index in [9.17, 15) is 9.90 Å². The SMILES string of the molecule is Cc1ccc(NC(=O)c2cccc(-c3ccc(O)cc3)c2)cc1Br. The minimum Gasteiger partial charge on any atom is -0.508 e. The van der Waals surface area contributed by atoms with E-state index in [4.69, 9.17) is 0 Å². The lowest BCUT2D eigenvalue weighted by atomic mass is 10.0. The zero-order chi connectivity index (χ0) is 17.1. The molecule has 0 saturated heterocycles. The number of carbonyl (C=O) groups is 1. The number of amides is 1. The van der Waals surface area contributed by atoms with Crippen LogP contribution in [0.25, 0.3) is 11.1 Å². The van der Waals surface area contributed by atoms with Gasteiger partial charge < -0.3 is 10.4 Å². The first-order chi connectivity index (χ1) is 11.5. The molecule has 3 rings (SSSR count). The number of aromatic hydroxyl groups is 1. The van der Waals surface area contributed by atoms with Crippen molar-refractivity contribution < 1.29 is 9.90 Å². The molecule has 0 heterocycles. The number of benzene rings is 3. The van der Waals surface area contributed by atoms with Gasteiger partial charge in [-0.3, -0.25) is 4.79 Å². The fraction of sp³-hybridized carbons (Fsp3) is 0.0500. The molecule has 0 aliphatic rings. The number of anilines is 1. The van der Waals surface area contributed by atoms with Gasteiger partial charge in [0.1, 0.15) is 5.75 Å². The molecule has 3 aromatic rings. The van der Waals surface area contributed by atoms with Crippen LogP contribution in [0.4, 0.5) is 5.69 Å². The first kappa shape index (κ1) is 16.3. The van der Waals surface area contributed by atoms with E-state index in [0.29, 0.717) is 5.56 Å². The van der Waals surface area contributed by atoms with Crippen LogP contribution in [-0.2, 0) is 0 Å². The van der Waals surface area contributed by atoms with Crippen molar-refractivity contribution >= 4 is 27.5 Å². The summed E-state index contributed by atoms with van der Waals surface area (Å²) in [5, 5.41) is 12.3. The largest absolute Gasteiger partial charge is 0.508 e. The molecular formula is C20H16BrNO2. The molecule has 0 radical (unpaired) electrons. The van der Waals surface area contributed by atoms with E-state index in [1.165, 1.54) is 0 Å². The Morgan fingerprint density at radius 1 is 0.958 bits per heavy atom. The van der Waals surface area contributed by atoms with E-state index in [1.54, 1.807) is 18.2 Å². The Morgan fingerprint density at radius 3 is 2.42 bits per heavy atom. The normalized spacial score (nSPS) is 10.4. The molecule has 4 heteroatoms. The minimum atomic E-state index is -0.161. The lowest BCUT2D eigenvalue weighted by Crippen LogP contribution is -2.11. The van der Waals surface area contributed by atoms with Gasteiger partial charge in [-0.25, -0.2) is 0 Å². The molecule has 1 amide bonds. The number of aryl methyl sites for hydroxylation is 1. The molecule has 0 atom stereocenters. The summed E-state index contributed by atoms with van der Waals surface area (Å²) >= 11 is 3.47. The standard InChI is InChI=1S/C20H16BrNO2/c1-13-5-8-17(12-19(13)21)22-20(24)16-4-2-3-15(11-16)14-6-9-18(23)10-7-14/h2-12,23H,1H3,(H,22,24). The smallest absolute Gasteiger partial charge is 0.255 e. The molecule has 3 nitrogen and oxygen atoms in total. The first-order valence-corrected chi connectivity index (χ1v) is 8.29. The molecule has 0 aromatic heterocycles. The molecule has 2 N–H and O–H groups in total. The Labute approximate surface area is 149 Å². The molecule has 24 heavy (non-hydrogen) atoms. The van der Waals surface area contributed by atoms with Crippen molar-refractivity contribution in [2.75, 3.05) is 5.32 Å². The van der Waals surface area contributed by atoms with E-state index in [0.717, 1.165) is 26.9 Å². The summed E-state index contributed by atoms with van der Waals surface area (Å²) in [7, 11) is 0. The van der Waals surface area contributed by atoms with Crippen LogP contribution < -0.4 is 5.32 Å². The Hall–Kier alpha value is -2.59. The van der Waals surface area contributed by atoms with Crippen molar-refractivity contribution in [1.82, 2.24) is 0 Å². The van der Waals surface area contributed by atoms with Crippen LogP contribution in [0.3, 0.4) is 0 Å². The second kappa shape index (κ2) is 6.89. The van der Waals surface area contributed by atoms with Crippen molar-refractivity contribution in [2.24, 2.45) is 0 Å². The molecule has 120 valence electrons. The predicted octanol–water partition coefficient (Wildman–Crippen LogP) is 5.38. The van der Waals surface area contributed by atoms with Crippen LogP contribution in [0.5, 0.6) is 5.75 Å². The molecule has 0 aliphatic heterocycles. The maximum Gasteiger partial charge on any atom is 0.255 e. The maximum absolute atomic E-state index is 12.5. The third kappa shape index (κ3) is 3.66. The number of phenolic OH excluding ortho intramolecular Hbond substituents is 1. The molecule has 0 saturated carbocycles.